The Morgan fingerprint density at radius 1 is 0.860 bits per heavy atom. The molecule has 0 radical (unpaired) electrons. The van der Waals surface area contributed by atoms with Gasteiger partial charge < -0.3 is 34.3 Å². The molecule has 0 unspecified atom stereocenters. The third-order valence-corrected chi connectivity index (χ3v) is 9.89. The number of ether oxygens (including phenoxy) is 5. The Kier molecular flexibility index (Phi) is 15.6. The van der Waals surface area contributed by atoms with Crippen molar-refractivity contribution in [3.05, 3.63) is 71.4 Å². The molecule has 1 aliphatic heterocycles. The zero-order chi connectivity index (χ0) is 35.8. The number of carbonyl (C=O) groups is 2. The fraction of sp³-hybridized carbons (Fsp3) is 0.486. The molecule has 0 bridgehead atoms. The molecule has 0 saturated carbocycles. The van der Waals surface area contributed by atoms with Crippen LogP contribution in [0.2, 0.25) is 0 Å². The van der Waals surface area contributed by atoms with E-state index in [4.69, 9.17) is 29.4 Å². The number of anilines is 1. The number of rotatable bonds is 21. The Morgan fingerprint density at radius 3 is 2.20 bits per heavy atom. The Morgan fingerprint density at radius 2 is 1.54 bits per heavy atom. The number of nitrogens with zero attached hydrogens (tertiary/aromatic N) is 2. The van der Waals surface area contributed by atoms with Crippen LogP contribution in [-0.2, 0) is 40.1 Å². The van der Waals surface area contributed by atoms with Gasteiger partial charge in [0, 0.05) is 48.9 Å². The van der Waals surface area contributed by atoms with Gasteiger partial charge in [0.1, 0.15) is 24.0 Å². The smallest absolute Gasteiger partial charge is 0.254 e. The first kappa shape index (κ1) is 38.9. The molecule has 13 heteroatoms. The fourth-order valence-corrected chi connectivity index (χ4v) is 6.75. The Labute approximate surface area is 295 Å². The number of aromatic nitrogens is 1. The summed E-state index contributed by atoms with van der Waals surface area (Å²) in [6.07, 6.45) is 3.24. The monoisotopic (exact) mass is 711 g/mol. The van der Waals surface area contributed by atoms with Crippen LogP contribution in [0, 0.1) is 6.92 Å². The van der Waals surface area contributed by atoms with Crippen molar-refractivity contribution in [2.24, 2.45) is 0 Å². The van der Waals surface area contributed by atoms with Crippen molar-refractivity contribution in [3.8, 4) is 16.9 Å². The molecular weight excluding hydrogens is 662 g/mol. The Bertz CT molecular complexity index is 1650. The van der Waals surface area contributed by atoms with E-state index in [-0.39, 0.29) is 48.2 Å². The fourth-order valence-electron chi connectivity index (χ4n) is 5.36. The third kappa shape index (κ3) is 12.2. The van der Waals surface area contributed by atoms with E-state index in [1.54, 1.807) is 30.2 Å². The number of amides is 1. The van der Waals surface area contributed by atoms with Crippen molar-refractivity contribution in [2.75, 3.05) is 77.5 Å². The average molecular weight is 712 g/mol. The molecule has 1 aromatic heterocycles. The normalized spacial score (nSPS) is 13.0. The maximum absolute atomic E-state index is 13.7. The summed E-state index contributed by atoms with van der Waals surface area (Å²) in [4.78, 5) is 32.0. The Balaban J connectivity index is 1.19. The van der Waals surface area contributed by atoms with E-state index in [1.165, 1.54) is 12.1 Å². The minimum Gasteiger partial charge on any atom is -0.491 e. The third-order valence-electron chi connectivity index (χ3n) is 8.09. The van der Waals surface area contributed by atoms with Gasteiger partial charge in [0.2, 0.25) is 0 Å². The number of hydrogen-bond donors (Lipinski definition) is 1. The molecule has 3 aromatic rings. The van der Waals surface area contributed by atoms with Crippen molar-refractivity contribution in [1.82, 2.24) is 9.88 Å². The summed E-state index contributed by atoms with van der Waals surface area (Å²) < 4.78 is 53.8. The number of aryl methyl sites for hydroxylation is 1. The number of fused-ring (bicyclic) bond motifs is 1. The van der Waals surface area contributed by atoms with Crippen molar-refractivity contribution >= 4 is 27.3 Å². The lowest BCUT2D eigenvalue weighted by atomic mass is 10.0. The first-order chi connectivity index (χ1) is 24.2. The zero-order valence-electron chi connectivity index (χ0n) is 29.1. The van der Waals surface area contributed by atoms with Crippen molar-refractivity contribution in [1.29, 1.82) is 0 Å². The molecule has 0 spiro atoms. The van der Waals surface area contributed by atoms with Gasteiger partial charge in [-0.3, -0.25) is 9.59 Å². The van der Waals surface area contributed by atoms with Crippen LogP contribution in [-0.4, -0.2) is 102 Å². The molecule has 1 aliphatic rings. The lowest BCUT2D eigenvalue weighted by molar-refractivity contribution is -0.120. The molecule has 2 heterocycles. The largest absolute Gasteiger partial charge is 0.491 e. The van der Waals surface area contributed by atoms with E-state index in [0.29, 0.717) is 82.0 Å². The lowest BCUT2D eigenvalue weighted by Gasteiger charge is -2.21. The number of hydrogen-bond acceptors (Lipinski definition) is 11. The highest BCUT2D eigenvalue weighted by Crippen LogP contribution is 2.30. The highest BCUT2D eigenvalue weighted by molar-refractivity contribution is 7.91. The summed E-state index contributed by atoms with van der Waals surface area (Å²) in [7, 11) is -3.65. The second-order valence-corrected chi connectivity index (χ2v) is 14.1. The van der Waals surface area contributed by atoms with E-state index >= 15 is 0 Å². The van der Waals surface area contributed by atoms with Gasteiger partial charge >= 0.3 is 0 Å². The molecular formula is C37H49N3O9S. The molecule has 0 aliphatic carbocycles. The van der Waals surface area contributed by atoms with Crippen LogP contribution in [0.1, 0.15) is 54.1 Å². The number of pyridine rings is 1. The molecule has 2 aromatic carbocycles. The van der Waals surface area contributed by atoms with Gasteiger partial charge in [-0.2, -0.15) is 0 Å². The molecule has 0 saturated heterocycles. The van der Waals surface area contributed by atoms with Crippen LogP contribution < -0.4 is 10.5 Å². The number of ketones is 1. The number of nitrogens with two attached hydrogens (primary N) is 1. The maximum Gasteiger partial charge on any atom is 0.254 e. The van der Waals surface area contributed by atoms with Crippen LogP contribution in [0.3, 0.4) is 0 Å². The summed E-state index contributed by atoms with van der Waals surface area (Å²) in [6.45, 7) is 8.63. The molecule has 0 atom stereocenters. The van der Waals surface area contributed by atoms with Crippen LogP contribution in [0.25, 0.3) is 11.1 Å². The first-order valence-electron chi connectivity index (χ1n) is 17.1. The van der Waals surface area contributed by atoms with E-state index in [9.17, 15) is 18.0 Å². The predicted octanol–water partition coefficient (Wildman–Crippen LogP) is 4.66. The predicted molar refractivity (Wildman–Crippen MR) is 190 cm³/mol. The Hall–Kier alpha value is -3.88. The minimum absolute atomic E-state index is 0.0582. The number of carbonyl (C=O) groups excluding carboxylic acids is 2. The lowest BCUT2D eigenvalue weighted by Crippen LogP contribution is -2.33. The van der Waals surface area contributed by atoms with E-state index in [1.807, 2.05) is 24.3 Å². The molecule has 0 fully saturated rings. The summed E-state index contributed by atoms with van der Waals surface area (Å²) in [5.41, 5.74) is 9.40. The van der Waals surface area contributed by atoms with E-state index in [0.717, 1.165) is 29.7 Å². The van der Waals surface area contributed by atoms with Gasteiger partial charge in [-0.1, -0.05) is 13.0 Å². The van der Waals surface area contributed by atoms with Gasteiger partial charge in [-0.05, 0) is 73.4 Å². The highest BCUT2D eigenvalue weighted by Gasteiger charge is 2.24. The van der Waals surface area contributed by atoms with Crippen molar-refractivity contribution < 1.29 is 41.7 Å². The summed E-state index contributed by atoms with van der Waals surface area (Å²) in [6, 6.07) is 14.0. The minimum atomic E-state index is -3.65. The van der Waals surface area contributed by atoms with Crippen LogP contribution in [0.4, 0.5) is 5.82 Å². The van der Waals surface area contributed by atoms with E-state index in [2.05, 4.69) is 11.9 Å². The van der Waals surface area contributed by atoms with Crippen LogP contribution in [0.5, 0.6) is 5.75 Å². The number of nitrogen functional groups attached to an aromatic ring is 1. The van der Waals surface area contributed by atoms with Crippen molar-refractivity contribution in [3.63, 3.8) is 0 Å². The van der Waals surface area contributed by atoms with Gasteiger partial charge in [0.15, 0.2) is 9.84 Å². The zero-order valence-corrected chi connectivity index (χ0v) is 29.9. The maximum atomic E-state index is 13.7. The number of benzene rings is 2. The quantitative estimate of drug-likeness (QED) is 0.153. The van der Waals surface area contributed by atoms with E-state index < -0.39 is 9.84 Å². The SMILES string of the molecule is CCCOCCOCCOCCOCCC(=O)CCCS(=O)(=O)c1ccc(C(=O)N2CCOc3ccc(-c4ccc(N)nc4)cc3C2)c(C)c1. The van der Waals surface area contributed by atoms with Crippen LogP contribution in [0.15, 0.2) is 59.6 Å². The van der Waals surface area contributed by atoms with Gasteiger partial charge in [0.05, 0.1) is 63.4 Å². The molecule has 272 valence electrons. The van der Waals surface area contributed by atoms with Gasteiger partial charge in [0.25, 0.3) is 5.91 Å². The van der Waals surface area contributed by atoms with Gasteiger partial charge in [-0.25, -0.2) is 13.4 Å². The molecule has 50 heavy (non-hydrogen) atoms. The van der Waals surface area contributed by atoms with Gasteiger partial charge in [-0.15, -0.1) is 0 Å². The summed E-state index contributed by atoms with van der Waals surface area (Å²) in [5.74, 6) is 0.712. The number of Topliss-reactive ketones (excluding diaryl/α,β-unsaturated/α-hetero) is 1. The second kappa shape index (κ2) is 20.1. The average Bonchev–Trinajstić information content (AvgIpc) is 3.32. The number of sulfone groups is 1. The first-order valence-corrected chi connectivity index (χ1v) is 18.8. The highest BCUT2D eigenvalue weighted by atomic mass is 32.2. The molecule has 12 nitrogen and oxygen atoms in total. The second-order valence-electron chi connectivity index (χ2n) is 12.0. The topological polar surface area (TPSA) is 157 Å². The van der Waals surface area contributed by atoms with Crippen molar-refractivity contribution in [2.45, 2.75) is 51.0 Å². The summed E-state index contributed by atoms with van der Waals surface area (Å²) >= 11 is 0. The standard InChI is InChI=1S/C37H49N3O9S/c1-3-14-45-17-19-47-21-22-48-20-18-46-15-12-32(41)5-4-23-50(43,44)33-8-9-34(28(2)24-33)37(42)40-13-16-49-35-10-6-29(25-31(35)27-40)30-7-11-36(38)39-26-30/h6-11,24-26H,3-5,12-23,27H2,1-2H3,(H2,38,39). The molecule has 1 amide bonds. The van der Waals surface area contributed by atoms with Crippen LogP contribution >= 0.6 is 0 Å². The molecule has 4 rings (SSSR count). The molecule has 2 N–H and O–H groups in total. The summed E-state index contributed by atoms with van der Waals surface area (Å²) in [5, 5.41) is 0.